The summed E-state index contributed by atoms with van der Waals surface area (Å²) < 4.78 is 1.13. The molecule has 2 nitrogen and oxygen atoms in total. The first kappa shape index (κ1) is 14.0. The predicted octanol–water partition coefficient (Wildman–Crippen LogP) is 3.48. The van der Waals surface area contributed by atoms with Gasteiger partial charge in [-0.05, 0) is 30.4 Å². The Labute approximate surface area is 118 Å². The van der Waals surface area contributed by atoms with Crippen LogP contribution in [0.2, 0.25) is 0 Å². The van der Waals surface area contributed by atoms with Crippen LogP contribution in [0.4, 0.5) is 0 Å². The van der Waals surface area contributed by atoms with Gasteiger partial charge in [0.15, 0.2) is 0 Å². The van der Waals surface area contributed by atoms with Crippen LogP contribution in [-0.4, -0.2) is 17.3 Å². The van der Waals surface area contributed by atoms with Crippen molar-refractivity contribution in [2.75, 3.05) is 6.61 Å². The zero-order valence-corrected chi connectivity index (χ0v) is 12.5. The number of halogens is 1. The lowest BCUT2D eigenvalue weighted by Crippen LogP contribution is -2.51. The maximum absolute atomic E-state index is 9.73. The van der Waals surface area contributed by atoms with E-state index in [0.717, 1.165) is 23.9 Å². The van der Waals surface area contributed by atoms with Gasteiger partial charge in [0, 0.05) is 16.6 Å². The highest BCUT2D eigenvalue weighted by Crippen LogP contribution is 2.32. The molecule has 1 saturated carbocycles. The molecule has 0 amide bonds. The third kappa shape index (κ3) is 3.34. The van der Waals surface area contributed by atoms with Gasteiger partial charge in [-0.1, -0.05) is 53.9 Å². The highest BCUT2D eigenvalue weighted by Gasteiger charge is 2.33. The van der Waals surface area contributed by atoms with E-state index in [1.165, 1.54) is 18.4 Å². The van der Waals surface area contributed by atoms with Crippen LogP contribution in [0.3, 0.4) is 0 Å². The van der Waals surface area contributed by atoms with Crippen LogP contribution < -0.4 is 5.32 Å². The van der Waals surface area contributed by atoms with E-state index in [2.05, 4.69) is 46.4 Å². The molecule has 1 fully saturated rings. The van der Waals surface area contributed by atoms with Crippen molar-refractivity contribution in [3.05, 3.63) is 34.3 Å². The van der Waals surface area contributed by atoms with Gasteiger partial charge in [0.05, 0.1) is 6.61 Å². The molecule has 2 unspecified atom stereocenters. The van der Waals surface area contributed by atoms with Gasteiger partial charge in [-0.25, -0.2) is 0 Å². The van der Waals surface area contributed by atoms with Gasteiger partial charge in [0.2, 0.25) is 0 Å². The predicted molar refractivity (Wildman–Crippen MR) is 78.4 cm³/mol. The van der Waals surface area contributed by atoms with Crippen LogP contribution >= 0.6 is 15.9 Å². The molecular formula is C15H22BrNO. The monoisotopic (exact) mass is 311 g/mol. The van der Waals surface area contributed by atoms with Gasteiger partial charge >= 0.3 is 0 Å². The second-order valence-corrected chi connectivity index (χ2v) is 6.44. The molecule has 0 heterocycles. The van der Waals surface area contributed by atoms with Crippen molar-refractivity contribution >= 4 is 15.9 Å². The van der Waals surface area contributed by atoms with E-state index in [0.29, 0.717) is 5.92 Å². The molecular weight excluding hydrogens is 290 g/mol. The largest absolute Gasteiger partial charge is 0.394 e. The fourth-order valence-electron chi connectivity index (χ4n) is 2.94. The lowest BCUT2D eigenvalue weighted by molar-refractivity contribution is 0.0982. The fourth-order valence-corrected chi connectivity index (χ4v) is 3.37. The van der Waals surface area contributed by atoms with Crippen molar-refractivity contribution in [1.29, 1.82) is 0 Å². The molecule has 0 spiro atoms. The van der Waals surface area contributed by atoms with Gasteiger partial charge in [-0.3, -0.25) is 0 Å². The van der Waals surface area contributed by atoms with E-state index in [9.17, 15) is 5.11 Å². The molecule has 0 aliphatic heterocycles. The molecule has 18 heavy (non-hydrogen) atoms. The molecule has 2 N–H and O–H groups in total. The normalized spacial score (nSPS) is 28.3. The van der Waals surface area contributed by atoms with Crippen molar-refractivity contribution in [3.63, 3.8) is 0 Å². The van der Waals surface area contributed by atoms with E-state index in [1.54, 1.807) is 0 Å². The van der Waals surface area contributed by atoms with E-state index in [-0.39, 0.29) is 12.1 Å². The van der Waals surface area contributed by atoms with Crippen LogP contribution in [-0.2, 0) is 6.54 Å². The Balaban J connectivity index is 2.01. The first-order valence-corrected chi connectivity index (χ1v) is 7.54. The minimum absolute atomic E-state index is 0.0764. The molecule has 0 radical (unpaired) electrons. The molecule has 3 heteroatoms. The van der Waals surface area contributed by atoms with Crippen LogP contribution in [0.1, 0.15) is 38.2 Å². The molecule has 2 atom stereocenters. The first-order chi connectivity index (χ1) is 8.65. The standard InChI is InChI=1S/C15H22BrNO/c1-12-5-4-8-15(9-12,11-18)17-10-13-6-2-3-7-14(13)16/h2-3,6-7,12,17-18H,4-5,8-11H2,1H3. The average Bonchev–Trinajstić information content (AvgIpc) is 2.38. The summed E-state index contributed by atoms with van der Waals surface area (Å²) in [7, 11) is 0. The molecule has 0 saturated heterocycles. The van der Waals surface area contributed by atoms with E-state index >= 15 is 0 Å². The van der Waals surface area contributed by atoms with Crippen LogP contribution in [0, 0.1) is 5.92 Å². The summed E-state index contributed by atoms with van der Waals surface area (Å²) >= 11 is 3.57. The van der Waals surface area contributed by atoms with Crippen LogP contribution in [0.25, 0.3) is 0 Å². The number of rotatable bonds is 4. The maximum atomic E-state index is 9.73. The molecule has 0 bridgehead atoms. The van der Waals surface area contributed by atoms with E-state index in [4.69, 9.17) is 0 Å². The minimum Gasteiger partial charge on any atom is -0.394 e. The highest BCUT2D eigenvalue weighted by molar-refractivity contribution is 9.10. The highest BCUT2D eigenvalue weighted by atomic mass is 79.9. The first-order valence-electron chi connectivity index (χ1n) is 6.74. The Hall–Kier alpha value is -0.380. The minimum atomic E-state index is -0.0764. The second kappa shape index (κ2) is 6.18. The molecule has 1 aromatic carbocycles. The van der Waals surface area contributed by atoms with Crippen molar-refractivity contribution < 1.29 is 5.11 Å². The summed E-state index contributed by atoms with van der Waals surface area (Å²) in [6.07, 6.45) is 4.66. The Morgan fingerprint density at radius 3 is 2.89 bits per heavy atom. The lowest BCUT2D eigenvalue weighted by Gasteiger charge is -2.39. The van der Waals surface area contributed by atoms with Gasteiger partial charge in [0.25, 0.3) is 0 Å². The number of hydrogen-bond acceptors (Lipinski definition) is 2. The molecule has 0 aromatic heterocycles. The summed E-state index contributed by atoms with van der Waals surface area (Å²) in [5, 5.41) is 13.3. The number of nitrogens with one attached hydrogen (secondary N) is 1. The fraction of sp³-hybridized carbons (Fsp3) is 0.600. The summed E-state index contributed by atoms with van der Waals surface area (Å²) in [5.74, 6) is 0.706. The third-order valence-electron chi connectivity index (χ3n) is 4.01. The van der Waals surface area contributed by atoms with Gasteiger partial charge in [-0.2, -0.15) is 0 Å². The topological polar surface area (TPSA) is 32.3 Å². The smallest absolute Gasteiger partial charge is 0.0613 e. The summed E-state index contributed by atoms with van der Waals surface area (Å²) in [5.41, 5.74) is 1.18. The maximum Gasteiger partial charge on any atom is 0.0613 e. The van der Waals surface area contributed by atoms with Gasteiger partial charge in [-0.15, -0.1) is 0 Å². The van der Waals surface area contributed by atoms with E-state index in [1.807, 2.05) is 6.07 Å². The number of benzene rings is 1. The van der Waals surface area contributed by atoms with Crippen molar-refractivity contribution in [2.45, 2.75) is 44.7 Å². The average molecular weight is 312 g/mol. The van der Waals surface area contributed by atoms with Crippen molar-refractivity contribution in [3.8, 4) is 0 Å². The molecule has 1 aliphatic carbocycles. The third-order valence-corrected chi connectivity index (χ3v) is 4.78. The molecule has 100 valence electrons. The summed E-state index contributed by atoms with van der Waals surface area (Å²) in [6.45, 7) is 3.33. The van der Waals surface area contributed by atoms with Gasteiger partial charge < -0.3 is 10.4 Å². The van der Waals surface area contributed by atoms with Crippen LogP contribution in [0.15, 0.2) is 28.7 Å². The summed E-state index contributed by atoms with van der Waals surface area (Å²) in [4.78, 5) is 0. The Morgan fingerprint density at radius 1 is 1.44 bits per heavy atom. The Morgan fingerprint density at radius 2 is 2.22 bits per heavy atom. The van der Waals surface area contributed by atoms with Crippen molar-refractivity contribution in [1.82, 2.24) is 5.32 Å². The molecule has 2 rings (SSSR count). The summed E-state index contributed by atoms with van der Waals surface area (Å²) in [6, 6.07) is 8.26. The van der Waals surface area contributed by atoms with E-state index < -0.39 is 0 Å². The quantitative estimate of drug-likeness (QED) is 0.892. The Kier molecular flexibility index (Phi) is 4.82. The van der Waals surface area contributed by atoms with Crippen molar-refractivity contribution in [2.24, 2.45) is 5.92 Å². The number of aliphatic hydroxyl groups excluding tert-OH is 1. The van der Waals surface area contributed by atoms with Gasteiger partial charge in [0.1, 0.15) is 0 Å². The SMILES string of the molecule is CC1CCCC(CO)(NCc2ccccc2Br)C1. The second-order valence-electron chi connectivity index (χ2n) is 5.58. The Bertz CT molecular complexity index is 396. The van der Waals surface area contributed by atoms with Crippen LogP contribution in [0.5, 0.6) is 0 Å². The lowest BCUT2D eigenvalue weighted by atomic mass is 9.77. The zero-order chi connectivity index (χ0) is 13.0. The molecule has 1 aromatic rings. The molecule has 1 aliphatic rings. The number of aliphatic hydroxyl groups is 1. The number of hydrogen-bond donors (Lipinski definition) is 2. The zero-order valence-electron chi connectivity index (χ0n) is 11.0.